The van der Waals surface area contributed by atoms with Crippen LogP contribution in [0.3, 0.4) is 0 Å². The minimum atomic E-state index is -6.12. The molecule has 0 saturated carbocycles. The maximum absolute atomic E-state index is 14.3. The predicted octanol–water partition coefficient (Wildman–Crippen LogP) is 9.74. The number of nitrogens with zero attached hydrogens (tertiary/aromatic N) is 7. The van der Waals surface area contributed by atoms with E-state index in [1.807, 2.05) is 47.2 Å². The highest BCUT2D eigenvalue weighted by Gasteiger charge is 2.48. The van der Waals surface area contributed by atoms with Crippen LogP contribution in [0.25, 0.3) is 16.0 Å². The molecule has 392 valence electrons. The van der Waals surface area contributed by atoms with E-state index in [4.69, 9.17) is 17.1 Å². The van der Waals surface area contributed by atoms with Crippen molar-refractivity contribution in [2.24, 2.45) is 10.5 Å². The molecule has 2 fully saturated rings. The molecule has 0 spiro atoms. The zero-order valence-corrected chi connectivity index (χ0v) is 44.1. The van der Waals surface area contributed by atoms with E-state index in [2.05, 4.69) is 56.0 Å². The van der Waals surface area contributed by atoms with Crippen molar-refractivity contribution in [3.63, 3.8) is 0 Å². The van der Waals surface area contributed by atoms with Crippen LogP contribution in [-0.4, -0.2) is 133 Å². The summed E-state index contributed by atoms with van der Waals surface area (Å²) < 4.78 is 98.7. The van der Waals surface area contributed by atoms with Crippen molar-refractivity contribution in [3.05, 3.63) is 129 Å². The molecule has 22 heteroatoms. The minimum absolute atomic E-state index is 0.0250. The number of azide groups is 1. The third-order valence-corrected chi connectivity index (χ3v) is 17.8. The molecular weight excluding hydrogens is 1020 g/mol. The third kappa shape index (κ3) is 15.0. The van der Waals surface area contributed by atoms with Crippen LogP contribution in [0.5, 0.6) is 0 Å². The Morgan fingerprint density at radius 3 is 2.21 bits per heavy atom. The second kappa shape index (κ2) is 24.4. The van der Waals surface area contributed by atoms with Crippen LogP contribution in [0.4, 0.5) is 24.5 Å². The first-order chi connectivity index (χ1) is 34.7. The normalized spacial score (nSPS) is 17.5. The smallest absolute Gasteiger partial charge is 0.380 e. The Morgan fingerprint density at radius 1 is 0.877 bits per heavy atom. The third-order valence-electron chi connectivity index (χ3n) is 13.5. The minimum Gasteiger partial charge on any atom is -0.380 e. The van der Waals surface area contributed by atoms with Crippen LogP contribution < -0.4 is 14.9 Å². The molecular formula is C51H61ClF3N9O6S3. The van der Waals surface area contributed by atoms with Crippen LogP contribution in [0.1, 0.15) is 68.3 Å². The lowest BCUT2D eigenvalue weighted by molar-refractivity contribution is -0.133. The summed E-state index contributed by atoms with van der Waals surface area (Å²) in [4.78, 5) is 36.0. The average Bonchev–Trinajstić information content (AvgIpc) is 3.36. The molecule has 0 bridgehead atoms. The molecule has 2 heterocycles. The van der Waals surface area contributed by atoms with Crippen LogP contribution >= 0.6 is 23.4 Å². The SMILES string of the molecule is CC1(C)CCC(c2ccc(Cl)cc2)=C(CN2CCN(c3ccc(C(=O)NS(=O)(=O)c4ccc(NC(CCN5CCN(C(=O)CCCN=[N+]=[N-])CC5)CSc5ccccc5)c(S(=O)(=O)C(F)(F)F)c4)cc3)CC2)C1. The van der Waals surface area contributed by atoms with Gasteiger partial charge >= 0.3 is 5.51 Å². The molecule has 4 aromatic carbocycles. The van der Waals surface area contributed by atoms with Crippen molar-refractivity contribution in [2.75, 3.05) is 88.0 Å². The number of carbonyl (C=O) groups excluding carboxylic acids is 2. The Hall–Kier alpha value is -5.28. The van der Waals surface area contributed by atoms with E-state index in [1.54, 1.807) is 17.0 Å². The molecule has 73 heavy (non-hydrogen) atoms. The molecule has 2 saturated heterocycles. The number of hydrogen-bond acceptors (Lipinski definition) is 12. The summed E-state index contributed by atoms with van der Waals surface area (Å²) in [7, 11) is -11.0. The molecule has 4 aromatic rings. The monoisotopic (exact) mass is 1080 g/mol. The number of hydrogen-bond donors (Lipinski definition) is 2. The van der Waals surface area contributed by atoms with Gasteiger partial charge in [-0.3, -0.25) is 19.4 Å². The first-order valence-electron chi connectivity index (χ1n) is 24.2. The van der Waals surface area contributed by atoms with Gasteiger partial charge < -0.3 is 15.1 Å². The molecule has 0 aromatic heterocycles. The van der Waals surface area contributed by atoms with Gasteiger partial charge in [0.05, 0.1) is 10.6 Å². The number of piperazine rings is 2. The zero-order chi connectivity index (χ0) is 52.4. The van der Waals surface area contributed by atoms with E-state index in [9.17, 15) is 39.6 Å². The molecule has 3 aliphatic rings. The molecule has 2 aliphatic heterocycles. The molecule has 1 atom stereocenters. The van der Waals surface area contributed by atoms with Gasteiger partial charge in [0.2, 0.25) is 5.91 Å². The van der Waals surface area contributed by atoms with Gasteiger partial charge in [-0.2, -0.15) is 13.2 Å². The second-order valence-electron chi connectivity index (χ2n) is 19.3. The number of thioether (sulfide) groups is 1. The molecule has 7 rings (SSSR count). The highest BCUT2D eigenvalue weighted by Crippen LogP contribution is 2.43. The van der Waals surface area contributed by atoms with E-state index in [0.717, 1.165) is 74.7 Å². The fourth-order valence-corrected chi connectivity index (χ4v) is 12.5. The summed E-state index contributed by atoms with van der Waals surface area (Å²) in [5, 5.41) is 7.16. The Morgan fingerprint density at radius 2 is 1.55 bits per heavy atom. The molecule has 15 nitrogen and oxygen atoms in total. The average molecular weight is 1080 g/mol. The first-order valence-corrected chi connectivity index (χ1v) is 28.6. The van der Waals surface area contributed by atoms with Crippen molar-refractivity contribution in [3.8, 4) is 0 Å². The standard InChI is InChI=1S/C51H61ClF3N9O6S3/c1-50(2)22-20-45(37-10-14-40(52)15-11-37)39(34-50)35-62-27-29-63(30-28-62)42-16-12-38(13-17-42)49(66)59-73(69,70)44-18-19-46(47(33-44)72(67,68)51(53,54)55)58-41(36-71-43-7-4-3-5-8-43)21-24-61-25-31-64(32-26-61)48(65)9-6-23-57-60-56/h3-5,7-8,10-19,33,41,58H,6,9,20-32,34-36H2,1-2H3,(H,59,66). The van der Waals surface area contributed by atoms with Crippen LogP contribution in [0, 0.1) is 5.41 Å². The Balaban J connectivity index is 1.00. The number of carbonyl (C=O) groups is 2. The van der Waals surface area contributed by atoms with Gasteiger partial charge in [-0.25, -0.2) is 21.6 Å². The van der Waals surface area contributed by atoms with Gasteiger partial charge in [-0.05, 0) is 121 Å². The molecule has 2 amide bonds. The van der Waals surface area contributed by atoms with E-state index in [1.165, 1.54) is 40.6 Å². The quantitative estimate of drug-likeness (QED) is 0.0282. The van der Waals surface area contributed by atoms with Crippen molar-refractivity contribution in [1.29, 1.82) is 0 Å². The van der Waals surface area contributed by atoms with Gasteiger partial charge in [-0.1, -0.05) is 66.5 Å². The van der Waals surface area contributed by atoms with Crippen LogP contribution in [0.2, 0.25) is 5.02 Å². The lowest BCUT2D eigenvalue weighted by Crippen LogP contribution is -2.49. The number of halogens is 4. The molecule has 0 radical (unpaired) electrons. The summed E-state index contributed by atoms with van der Waals surface area (Å²) in [6, 6.07) is 25.4. The van der Waals surface area contributed by atoms with E-state index in [0.29, 0.717) is 62.4 Å². The molecule has 2 N–H and O–H groups in total. The van der Waals surface area contributed by atoms with Crippen molar-refractivity contribution in [2.45, 2.75) is 78.6 Å². The van der Waals surface area contributed by atoms with Crippen molar-refractivity contribution in [1.82, 2.24) is 19.4 Å². The fourth-order valence-electron chi connectivity index (χ4n) is 9.39. The lowest BCUT2D eigenvalue weighted by atomic mass is 9.73. The number of rotatable bonds is 20. The number of amides is 2. The van der Waals surface area contributed by atoms with E-state index >= 15 is 0 Å². The fraction of sp³-hybridized carbons (Fsp3) is 0.451. The summed E-state index contributed by atoms with van der Waals surface area (Å²) >= 11 is 7.60. The maximum atomic E-state index is 14.3. The number of nitrogens with one attached hydrogen (secondary N) is 2. The number of allylic oxidation sites excluding steroid dienone is 1. The summed E-state index contributed by atoms with van der Waals surface area (Å²) in [5.74, 6) is -0.802. The number of sulfonamides is 1. The number of anilines is 2. The van der Waals surface area contributed by atoms with Gasteiger partial charge in [0.1, 0.15) is 4.90 Å². The van der Waals surface area contributed by atoms with Gasteiger partial charge in [-0.15, -0.1) is 11.8 Å². The predicted molar refractivity (Wildman–Crippen MR) is 281 cm³/mol. The first kappa shape index (κ1) is 55.5. The molecule has 1 aliphatic carbocycles. The number of alkyl halides is 3. The highest BCUT2D eigenvalue weighted by molar-refractivity contribution is 7.99. The van der Waals surface area contributed by atoms with Gasteiger partial charge in [0.25, 0.3) is 25.8 Å². The van der Waals surface area contributed by atoms with Crippen molar-refractivity contribution < 1.29 is 39.6 Å². The Labute approximate surface area is 435 Å². The van der Waals surface area contributed by atoms with Crippen molar-refractivity contribution >= 4 is 72.0 Å². The second-order valence-corrected chi connectivity index (χ2v) is 24.4. The topological polar surface area (TPSA) is 188 Å². The van der Waals surface area contributed by atoms with Crippen LogP contribution in [0.15, 0.2) is 122 Å². The largest absolute Gasteiger partial charge is 0.501 e. The maximum Gasteiger partial charge on any atom is 0.501 e. The van der Waals surface area contributed by atoms with Gasteiger partial charge in [0.15, 0.2) is 0 Å². The van der Waals surface area contributed by atoms with Crippen LogP contribution in [-0.2, 0) is 24.7 Å². The summed E-state index contributed by atoms with van der Waals surface area (Å²) in [6.45, 7) is 11.2. The van der Waals surface area contributed by atoms with E-state index in [-0.39, 0.29) is 29.9 Å². The molecule has 1 unspecified atom stereocenters. The summed E-state index contributed by atoms with van der Waals surface area (Å²) in [6.07, 6.45) is 4.15. The zero-order valence-electron chi connectivity index (χ0n) is 40.9. The lowest BCUT2D eigenvalue weighted by Gasteiger charge is -2.39. The summed E-state index contributed by atoms with van der Waals surface area (Å²) in [5.41, 5.74) is 7.29. The number of benzene rings is 4. The highest BCUT2D eigenvalue weighted by atomic mass is 35.5. The Kier molecular flexibility index (Phi) is 18.5. The van der Waals surface area contributed by atoms with E-state index < -0.39 is 52.8 Å². The Bertz CT molecular complexity index is 2870. The number of sulfone groups is 1. The van der Waals surface area contributed by atoms with Gasteiger partial charge in [0, 0.05) is 116 Å².